The quantitative estimate of drug-likeness (QED) is 0.236. The van der Waals surface area contributed by atoms with Crippen molar-refractivity contribution in [3.63, 3.8) is 0 Å². The molecule has 2 aromatic carbocycles. The van der Waals surface area contributed by atoms with Crippen LogP contribution in [0, 0.1) is 0 Å². The molecule has 31 heavy (non-hydrogen) atoms. The van der Waals surface area contributed by atoms with Gasteiger partial charge in [-0.05, 0) is 42.0 Å². The molecule has 0 aliphatic carbocycles. The maximum atomic E-state index is 12.0. The molecule has 0 bridgehead atoms. The molecule has 8 nitrogen and oxygen atoms in total. The van der Waals surface area contributed by atoms with Gasteiger partial charge in [0.1, 0.15) is 0 Å². The molecular weight excluding hydrogens is 511 g/mol. The van der Waals surface area contributed by atoms with E-state index in [0.29, 0.717) is 29.7 Å². The smallest absolute Gasteiger partial charge is 0.291 e. The molecule has 0 radical (unpaired) electrons. The second-order valence-corrected chi connectivity index (χ2v) is 6.25. The van der Waals surface area contributed by atoms with Gasteiger partial charge in [0.15, 0.2) is 23.2 Å². The highest BCUT2D eigenvalue weighted by molar-refractivity contribution is 14.0. The summed E-state index contributed by atoms with van der Waals surface area (Å²) in [5.41, 5.74) is 2.53. The van der Waals surface area contributed by atoms with Crippen molar-refractivity contribution >= 4 is 47.2 Å². The van der Waals surface area contributed by atoms with Gasteiger partial charge in [-0.3, -0.25) is 9.79 Å². The van der Waals surface area contributed by atoms with E-state index in [9.17, 15) is 4.79 Å². The average Bonchev–Trinajstić information content (AvgIpc) is 3.32. The number of hydrogen-bond acceptors (Lipinski definition) is 5. The Balaban J connectivity index is 0.00000341. The van der Waals surface area contributed by atoms with Gasteiger partial charge in [-0.2, -0.15) is 0 Å². The van der Waals surface area contributed by atoms with Crippen molar-refractivity contribution in [3.05, 3.63) is 72.2 Å². The summed E-state index contributed by atoms with van der Waals surface area (Å²) in [5.74, 6) is 1.88. The first-order valence-corrected chi connectivity index (χ1v) is 9.26. The molecule has 0 fully saturated rings. The van der Waals surface area contributed by atoms with Crippen molar-refractivity contribution in [3.8, 4) is 11.5 Å². The van der Waals surface area contributed by atoms with Gasteiger partial charge < -0.3 is 29.8 Å². The Labute approximate surface area is 198 Å². The highest BCUT2D eigenvalue weighted by Gasteiger charge is 2.09. The Kier molecular flexibility index (Phi) is 9.19. The number of nitrogens with zero attached hydrogens (tertiary/aromatic N) is 1. The second kappa shape index (κ2) is 11.8. The monoisotopic (exact) mass is 536 g/mol. The molecule has 1 heterocycles. The zero-order valence-corrected chi connectivity index (χ0v) is 19.8. The van der Waals surface area contributed by atoms with E-state index in [1.807, 2.05) is 42.5 Å². The third kappa shape index (κ3) is 6.64. The Morgan fingerprint density at radius 2 is 1.68 bits per heavy atom. The number of hydrogen-bond donors (Lipinski definition) is 3. The molecule has 0 spiro atoms. The number of ether oxygens (including phenoxy) is 2. The van der Waals surface area contributed by atoms with Crippen LogP contribution in [0.3, 0.4) is 0 Å². The summed E-state index contributed by atoms with van der Waals surface area (Å²) in [5, 5.41) is 9.25. The van der Waals surface area contributed by atoms with E-state index in [1.54, 1.807) is 33.4 Å². The van der Waals surface area contributed by atoms with Crippen molar-refractivity contribution in [1.82, 2.24) is 5.32 Å². The summed E-state index contributed by atoms with van der Waals surface area (Å²) in [6.45, 7) is 0.555. The number of benzene rings is 2. The number of halogens is 1. The first-order chi connectivity index (χ1) is 14.6. The molecule has 0 atom stereocenters. The minimum absolute atomic E-state index is 0. The number of guanidine groups is 1. The fourth-order valence-electron chi connectivity index (χ4n) is 2.72. The molecule has 3 N–H and O–H groups in total. The van der Waals surface area contributed by atoms with Crippen molar-refractivity contribution in [2.45, 2.75) is 6.54 Å². The van der Waals surface area contributed by atoms with E-state index >= 15 is 0 Å². The molecular formula is C22H25IN4O4. The van der Waals surface area contributed by atoms with Gasteiger partial charge in [0.05, 0.1) is 20.5 Å². The molecule has 3 aromatic rings. The van der Waals surface area contributed by atoms with Gasteiger partial charge in [0, 0.05) is 31.0 Å². The topological polar surface area (TPSA) is 97.1 Å². The van der Waals surface area contributed by atoms with Gasteiger partial charge in [-0.1, -0.05) is 12.1 Å². The maximum Gasteiger partial charge on any atom is 0.291 e. The van der Waals surface area contributed by atoms with Gasteiger partial charge >= 0.3 is 0 Å². The van der Waals surface area contributed by atoms with Crippen LogP contribution in [0.2, 0.25) is 0 Å². The minimum atomic E-state index is -0.287. The van der Waals surface area contributed by atoms with Gasteiger partial charge in [-0.25, -0.2) is 0 Å². The predicted octanol–water partition coefficient (Wildman–Crippen LogP) is 4.35. The number of methoxy groups -OCH3 is 2. The number of carbonyl (C=O) groups excluding carboxylic acids is 1. The SMILES string of the molecule is CN=C(NCc1ccc(NC(=O)c2ccco2)cc1)Nc1ccc(OC)c(OC)c1.I. The highest BCUT2D eigenvalue weighted by Crippen LogP contribution is 2.29. The molecule has 0 aliphatic heterocycles. The number of furan rings is 1. The van der Waals surface area contributed by atoms with Crippen molar-refractivity contribution < 1.29 is 18.7 Å². The zero-order chi connectivity index (χ0) is 21.3. The molecule has 3 rings (SSSR count). The van der Waals surface area contributed by atoms with Gasteiger partial charge in [-0.15, -0.1) is 24.0 Å². The van der Waals surface area contributed by atoms with Crippen LogP contribution in [-0.2, 0) is 6.54 Å². The lowest BCUT2D eigenvalue weighted by Gasteiger charge is -2.14. The Morgan fingerprint density at radius 1 is 0.968 bits per heavy atom. The summed E-state index contributed by atoms with van der Waals surface area (Å²) in [7, 11) is 4.89. The molecule has 1 amide bonds. The lowest BCUT2D eigenvalue weighted by Crippen LogP contribution is -2.30. The fraction of sp³-hybridized carbons (Fsp3) is 0.182. The Morgan fingerprint density at radius 3 is 2.29 bits per heavy atom. The summed E-state index contributed by atoms with van der Waals surface area (Å²) in [6, 6.07) is 16.3. The summed E-state index contributed by atoms with van der Waals surface area (Å²) >= 11 is 0. The van der Waals surface area contributed by atoms with Gasteiger partial charge in [0.25, 0.3) is 5.91 Å². The Bertz CT molecular complexity index is 1000. The van der Waals surface area contributed by atoms with E-state index in [0.717, 1.165) is 11.3 Å². The van der Waals surface area contributed by atoms with E-state index < -0.39 is 0 Å². The third-order valence-electron chi connectivity index (χ3n) is 4.29. The molecule has 1 aromatic heterocycles. The average molecular weight is 536 g/mol. The largest absolute Gasteiger partial charge is 0.493 e. The minimum Gasteiger partial charge on any atom is -0.493 e. The van der Waals surface area contributed by atoms with E-state index in [4.69, 9.17) is 13.9 Å². The number of nitrogens with one attached hydrogen (secondary N) is 3. The molecule has 0 saturated heterocycles. The fourth-order valence-corrected chi connectivity index (χ4v) is 2.72. The summed E-state index contributed by atoms with van der Waals surface area (Å²) in [6.07, 6.45) is 1.46. The number of rotatable bonds is 7. The van der Waals surface area contributed by atoms with Gasteiger partial charge in [0.2, 0.25) is 0 Å². The lowest BCUT2D eigenvalue weighted by atomic mass is 10.2. The van der Waals surface area contributed by atoms with Crippen LogP contribution in [0.5, 0.6) is 11.5 Å². The van der Waals surface area contributed by atoms with E-state index in [-0.39, 0.29) is 35.6 Å². The van der Waals surface area contributed by atoms with Crippen LogP contribution < -0.4 is 25.4 Å². The lowest BCUT2D eigenvalue weighted by molar-refractivity contribution is 0.0996. The normalized spacial score (nSPS) is 10.6. The summed E-state index contributed by atoms with van der Waals surface area (Å²) < 4.78 is 15.7. The van der Waals surface area contributed by atoms with E-state index in [1.165, 1.54) is 6.26 Å². The number of amides is 1. The standard InChI is InChI=1S/C22H24N4O4.HI/c1-23-22(26-17-10-11-18(28-2)20(13-17)29-3)24-14-15-6-8-16(9-7-15)25-21(27)19-5-4-12-30-19;/h4-13H,14H2,1-3H3,(H,25,27)(H2,23,24,26);1H. The molecule has 164 valence electrons. The van der Waals surface area contributed by atoms with Crippen LogP contribution in [0.1, 0.15) is 16.1 Å². The highest BCUT2D eigenvalue weighted by atomic mass is 127. The number of carbonyl (C=O) groups is 1. The number of aliphatic imine (C=N–C) groups is 1. The Hall–Kier alpha value is -3.21. The van der Waals surface area contributed by atoms with Crippen molar-refractivity contribution in [2.75, 3.05) is 31.9 Å². The van der Waals surface area contributed by atoms with Crippen LogP contribution in [0.25, 0.3) is 0 Å². The van der Waals surface area contributed by atoms with Crippen molar-refractivity contribution in [1.29, 1.82) is 0 Å². The first-order valence-electron chi connectivity index (χ1n) is 9.26. The third-order valence-corrected chi connectivity index (χ3v) is 4.29. The maximum absolute atomic E-state index is 12.0. The van der Waals surface area contributed by atoms with Crippen LogP contribution >= 0.6 is 24.0 Å². The molecule has 0 saturated carbocycles. The van der Waals surface area contributed by atoms with Crippen LogP contribution in [-0.4, -0.2) is 33.1 Å². The first kappa shape index (κ1) is 24.1. The number of anilines is 2. The molecule has 9 heteroatoms. The van der Waals surface area contributed by atoms with E-state index in [2.05, 4.69) is 20.9 Å². The molecule has 0 unspecified atom stereocenters. The summed E-state index contributed by atoms with van der Waals surface area (Å²) in [4.78, 5) is 16.3. The second-order valence-electron chi connectivity index (χ2n) is 6.25. The van der Waals surface area contributed by atoms with Crippen molar-refractivity contribution in [2.24, 2.45) is 4.99 Å². The molecule has 0 aliphatic rings. The van der Waals surface area contributed by atoms with Crippen LogP contribution in [0.15, 0.2) is 70.3 Å². The van der Waals surface area contributed by atoms with Crippen LogP contribution in [0.4, 0.5) is 11.4 Å². The predicted molar refractivity (Wildman–Crippen MR) is 132 cm³/mol. The zero-order valence-electron chi connectivity index (χ0n) is 17.5.